The molecule has 118 valence electrons. The standard InChI is InChI=1S/C18H14N4O2/c1-24-15-8-3-2-7-13(15)16-17-18(22-21-16)19-10-14(20-17)11-5-4-6-12(23)9-11/h2-10,23H,1H3,(H,19,21,22). The van der Waals surface area contributed by atoms with E-state index in [0.717, 1.165) is 16.9 Å². The number of hydrogen-bond donors (Lipinski definition) is 2. The number of ether oxygens (including phenoxy) is 1. The fraction of sp³-hybridized carbons (Fsp3) is 0.0556. The van der Waals surface area contributed by atoms with Crippen LogP contribution < -0.4 is 4.74 Å². The van der Waals surface area contributed by atoms with E-state index < -0.39 is 0 Å². The fourth-order valence-corrected chi connectivity index (χ4v) is 2.63. The molecule has 0 amide bonds. The highest BCUT2D eigenvalue weighted by atomic mass is 16.5. The smallest absolute Gasteiger partial charge is 0.174 e. The Balaban J connectivity index is 1.91. The Morgan fingerprint density at radius 3 is 2.79 bits per heavy atom. The van der Waals surface area contributed by atoms with Crippen molar-refractivity contribution in [3.05, 3.63) is 54.7 Å². The minimum atomic E-state index is 0.187. The summed E-state index contributed by atoms with van der Waals surface area (Å²) in [6, 6.07) is 14.5. The van der Waals surface area contributed by atoms with Crippen molar-refractivity contribution in [2.24, 2.45) is 0 Å². The highest BCUT2D eigenvalue weighted by Crippen LogP contribution is 2.32. The van der Waals surface area contributed by atoms with Crippen LogP contribution in [0.2, 0.25) is 0 Å². The van der Waals surface area contributed by atoms with E-state index in [4.69, 9.17) is 4.74 Å². The van der Waals surface area contributed by atoms with E-state index in [2.05, 4.69) is 20.2 Å². The zero-order valence-corrected chi connectivity index (χ0v) is 12.9. The summed E-state index contributed by atoms with van der Waals surface area (Å²) < 4.78 is 5.41. The summed E-state index contributed by atoms with van der Waals surface area (Å²) in [5, 5.41) is 16.9. The van der Waals surface area contributed by atoms with Crippen molar-refractivity contribution in [3.63, 3.8) is 0 Å². The molecule has 2 aromatic carbocycles. The van der Waals surface area contributed by atoms with Gasteiger partial charge in [0.15, 0.2) is 5.65 Å². The van der Waals surface area contributed by atoms with Gasteiger partial charge in [-0.25, -0.2) is 9.97 Å². The lowest BCUT2D eigenvalue weighted by molar-refractivity contribution is 0.416. The van der Waals surface area contributed by atoms with Crippen LogP contribution in [0, 0.1) is 0 Å². The molecule has 2 aromatic heterocycles. The van der Waals surface area contributed by atoms with Gasteiger partial charge in [0.1, 0.15) is 22.7 Å². The zero-order valence-electron chi connectivity index (χ0n) is 12.9. The van der Waals surface area contributed by atoms with Crippen molar-refractivity contribution in [2.75, 3.05) is 7.11 Å². The minimum absolute atomic E-state index is 0.187. The molecule has 0 spiro atoms. The predicted molar refractivity (Wildman–Crippen MR) is 90.8 cm³/mol. The molecule has 2 N–H and O–H groups in total. The molecule has 24 heavy (non-hydrogen) atoms. The predicted octanol–water partition coefficient (Wildman–Crippen LogP) is 3.40. The minimum Gasteiger partial charge on any atom is -0.508 e. The van der Waals surface area contributed by atoms with Crippen molar-refractivity contribution < 1.29 is 9.84 Å². The highest BCUT2D eigenvalue weighted by molar-refractivity contribution is 5.90. The van der Waals surface area contributed by atoms with Crippen LogP contribution in [-0.2, 0) is 0 Å². The quantitative estimate of drug-likeness (QED) is 0.605. The number of methoxy groups -OCH3 is 1. The molecule has 0 radical (unpaired) electrons. The number of phenols is 1. The average Bonchev–Trinajstić information content (AvgIpc) is 3.04. The van der Waals surface area contributed by atoms with Crippen LogP contribution in [0.4, 0.5) is 0 Å². The lowest BCUT2D eigenvalue weighted by Crippen LogP contribution is -1.90. The number of hydrogen-bond acceptors (Lipinski definition) is 5. The second-order valence-electron chi connectivity index (χ2n) is 5.28. The van der Waals surface area contributed by atoms with Crippen LogP contribution >= 0.6 is 0 Å². The normalized spacial score (nSPS) is 10.9. The first kappa shape index (κ1) is 14.2. The molecule has 4 aromatic rings. The number of aromatic hydroxyl groups is 1. The van der Waals surface area contributed by atoms with Crippen LogP contribution in [-0.4, -0.2) is 32.4 Å². The van der Waals surface area contributed by atoms with Gasteiger partial charge in [-0.1, -0.05) is 24.3 Å². The van der Waals surface area contributed by atoms with E-state index in [-0.39, 0.29) is 5.75 Å². The maximum absolute atomic E-state index is 9.67. The van der Waals surface area contributed by atoms with Gasteiger partial charge in [0.25, 0.3) is 0 Å². The number of nitrogens with zero attached hydrogens (tertiary/aromatic N) is 3. The van der Waals surface area contributed by atoms with Crippen molar-refractivity contribution in [3.8, 4) is 34.0 Å². The van der Waals surface area contributed by atoms with E-state index in [0.29, 0.717) is 22.6 Å². The second-order valence-corrected chi connectivity index (χ2v) is 5.28. The van der Waals surface area contributed by atoms with Gasteiger partial charge in [0.05, 0.1) is 19.0 Å². The van der Waals surface area contributed by atoms with Crippen LogP contribution in [0.1, 0.15) is 0 Å². The molecular weight excluding hydrogens is 304 g/mol. The van der Waals surface area contributed by atoms with Gasteiger partial charge >= 0.3 is 0 Å². The van der Waals surface area contributed by atoms with E-state index in [1.54, 1.807) is 31.5 Å². The largest absolute Gasteiger partial charge is 0.508 e. The number of benzene rings is 2. The summed E-state index contributed by atoms with van der Waals surface area (Å²) in [5.41, 5.74) is 4.22. The molecule has 0 aliphatic heterocycles. The molecule has 2 heterocycles. The highest BCUT2D eigenvalue weighted by Gasteiger charge is 2.15. The lowest BCUT2D eigenvalue weighted by atomic mass is 10.1. The zero-order chi connectivity index (χ0) is 16.5. The summed E-state index contributed by atoms with van der Waals surface area (Å²) in [6.07, 6.45) is 1.65. The fourth-order valence-electron chi connectivity index (χ4n) is 2.63. The Morgan fingerprint density at radius 1 is 1.08 bits per heavy atom. The molecule has 0 bridgehead atoms. The van der Waals surface area contributed by atoms with Crippen LogP contribution in [0.15, 0.2) is 54.7 Å². The summed E-state index contributed by atoms with van der Waals surface area (Å²) in [4.78, 5) is 9.06. The van der Waals surface area contributed by atoms with Crippen molar-refractivity contribution in [1.29, 1.82) is 0 Å². The van der Waals surface area contributed by atoms with Crippen LogP contribution in [0.5, 0.6) is 11.5 Å². The van der Waals surface area contributed by atoms with E-state index >= 15 is 0 Å². The van der Waals surface area contributed by atoms with Gasteiger partial charge in [-0.15, -0.1) is 0 Å². The molecule has 6 heteroatoms. The number of rotatable bonds is 3. The third-order valence-electron chi connectivity index (χ3n) is 3.77. The topological polar surface area (TPSA) is 83.9 Å². The second kappa shape index (κ2) is 5.66. The number of phenolic OH excluding ortho intramolecular Hbond substituents is 1. The molecule has 0 fully saturated rings. The Hall–Kier alpha value is -3.41. The molecule has 6 nitrogen and oxygen atoms in total. The van der Waals surface area contributed by atoms with Crippen molar-refractivity contribution in [2.45, 2.75) is 0 Å². The maximum Gasteiger partial charge on any atom is 0.174 e. The monoisotopic (exact) mass is 318 g/mol. The number of aromatic amines is 1. The first-order valence-corrected chi connectivity index (χ1v) is 7.40. The summed E-state index contributed by atoms with van der Waals surface area (Å²) in [5.74, 6) is 0.905. The Morgan fingerprint density at radius 2 is 1.96 bits per heavy atom. The Kier molecular flexibility index (Phi) is 3.35. The molecule has 0 saturated carbocycles. The first-order chi connectivity index (χ1) is 11.8. The van der Waals surface area contributed by atoms with Gasteiger partial charge < -0.3 is 9.84 Å². The molecule has 0 aliphatic rings. The molecule has 0 atom stereocenters. The average molecular weight is 318 g/mol. The number of aromatic nitrogens is 4. The van der Waals surface area contributed by atoms with E-state index in [1.165, 1.54) is 0 Å². The molecule has 0 aliphatic carbocycles. The Labute approximate surface area is 137 Å². The molecule has 0 saturated heterocycles. The summed E-state index contributed by atoms with van der Waals surface area (Å²) in [7, 11) is 1.62. The number of para-hydroxylation sites is 1. The number of H-pyrrole nitrogens is 1. The molecular formula is C18H14N4O2. The summed E-state index contributed by atoms with van der Waals surface area (Å²) >= 11 is 0. The van der Waals surface area contributed by atoms with Gasteiger partial charge in [0.2, 0.25) is 0 Å². The van der Waals surface area contributed by atoms with E-state index in [1.807, 2.05) is 30.3 Å². The maximum atomic E-state index is 9.67. The van der Waals surface area contributed by atoms with Gasteiger partial charge in [0, 0.05) is 11.1 Å². The van der Waals surface area contributed by atoms with Crippen LogP contribution in [0.3, 0.4) is 0 Å². The third kappa shape index (κ3) is 2.34. The summed E-state index contributed by atoms with van der Waals surface area (Å²) in [6.45, 7) is 0. The molecule has 0 unspecified atom stereocenters. The van der Waals surface area contributed by atoms with E-state index in [9.17, 15) is 5.11 Å². The molecule has 4 rings (SSSR count). The lowest BCUT2D eigenvalue weighted by Gasteiger charge is -2.06. The van der Waals surface area contributed by atoms with Gasteiger partial charge in [-0.05, 0) is 24.3 Å². The third-order valence-corrected chi connectivity index (χ3v) is 3.77. The first-order valence-electron chi connectivity index (χ1n) is 7.40. The number of nitrogens with one attached hydrogen (secondary N) is 1. The Bertz CT molecular complexity index is 1030. The van der Waals surface area contributed by atoms with Gasteiger partial charge in [-0.2, -0.15) is 5.10 Å². The van der Waals surface area contributed by atoms with Gasteiger partial charge in [-0.3, -0.25) is 5.10 Å². The van der Waals surface area contributed by atoms with Crippen molar-refractivity contribution in [1.82, 2.24) is 20.2 Å². The van der Waals surface area contributed by atoms with Crippen LogP contribution in [0.25, 0.3) is 33.7 Å². The number of fused-ring (bicyclic) bond motifs is 1. The van der Waals surface area contributed by atoms with Crippen molar-refractivity contribution >= 4 is 11.2 Å². The SMILES string of the molecule is COc1ccccc1-c1n[nH]c2ncc(-c3cccc(O)c3)nc12.